The largest absolute Gasteiger partial charge is 0.383 e. The van der Waals surface area contributed by atoms with Gasteiger partial charge in [-0.3, -0.25) is 0 Å². The topological polar surface area (TPSA) is 43.8 Å². The summed E-state index contributed by atoms with van der Waals surface area (Å²) in [5.74, 6) is 0.585. The minimum Gasteiger partial charge on any atom is -0.383 e. The van der Waals surface area contributed by atoms with Crippen LogP contribution in [-0.4, -0.2) is 9.78 Å². The van der Waals surface area contributed by atoms with Gasteiger partial charge in [0.25, 0.3) is 0 Å². The second kappa shape index (κ2) is 3.96. The highest BCUT2D eigenvalue weighted by atomic mass is 19.1. The molecule has 0 atom stereocenters. The lowest BCUT2D eigenvalue weighted by Gasteiger charge is -2.06. The van der Waals surface area contributed by atoms with Gasteiger partial charge in [0.15, 0.2) is 0 Å². The molecule has 1 aromatic heterocycles. The molecule has 3 nitrogen and oxygen atoms in total. The van der Waals surface area contributed by atoms with E-state index < -0.39 is 0 Å². The first-order chi connectivity index (χ1) is 7.59. The summed E-state index contributed by atoms with van der Waals surface area (Å²) in [5.41, 5.74) is 7.58. The average Bonchev–Trinajstić information content (AvgIpc) is 2.60. The van der Waals surface area contributed by atoms with Crippen molar-refractivity contribution in [1.29, 1.82) is 0 Å². The van der Waals surface area contributed by atoms with Gasteiger partial charge < -0.3 is 5.73 Å². The first kappa shape index (κ1) is 10.7. The van der Waals surface area contributed by atoms with Crippen molar-refractivity contribution in [3.8, 4) is 5.69 Å². The van der Waals surface area contributed by atoms with Gasteiger partial charge in [0.1, 0.15) is 11.6 Å². The molecule has 0 spiro atoms. The predicted octanol–water partition coefficient (Wildman–Crippen LogP) is 2.72. The fraction of sp³-hybridized carbons (Fsp3) is 0.250. The highest BCUT2D eigenvalue weighted by Crippen LogP contribution is 2.23. The van der Waals surface area contributed by atoms with Gasteiger partial charge in [0, 0.05) is 5.56 Å². The van der Waals surface area contributed by atoms with Gasteiger partial charge in [-0.15, -0.1) is 0 Å². The smallest absolute Gasteiger partial charge is 0.130 e. The highest BCUT2D eigenvalue weighted by Gasteiger charge is 2.11. The van der Waals surface area contributed by atoms with Crippen LogP contribution in [0.15, 0.2) is 30.5 Å². The third kappa shape index (κ3) is 1.78. The zero-order valence-corrected chi connectivity index (χ0v) is 9.31. The average molecular weight is 219 g/mol. The number of benzene rings is 1. The van der Waals surface area contributed by atoms with Gasteiger partial charge in [-0.1, -0.05) is 19.9 Å². The Hall–Kier alpha value is -1.84. The van der Waals surface area contributed by atoms with Crippen molar-refractivity contribution in [2.24, 2.45) is 0 Å². The summed E-state index contributed by atoms with van der Waals surface area (Å²) < 4.78 is 14.6. The summed E-state index contributed by atoms with van der Waals surface area (Å²) in [5, 5.41) is 4.17. The lowest BCUT2D eigenvalue weighted by atomic mass is 10.1. The Morgan fingerprint density at radius 3 is 2.69 bits per heavy atom. The zero-order valence-electron chi connectivity index (χ0n) is 9.31. The van der Waals surface area contributed by atoms with E-state index in [0.29, 0.717) is 17.4 Å². The Balaban J connectivity index is 2.49. The molecule has 0 aliphatic rings. The molecule has 2 aromatic rings. The molecule has 0 fully saturated rings. The predicted molar refractivity (Wildman–Crippen MR) is 62.0 cm³/mol. The highest BCUT2D eigenvalue weighted by molar-refractivity contribution is 5.48. The van der Waals surface area contributed by atoms with Crippen LogP contribution in [0.3, 0.4) is 0 Å². The van der Waals surface area contributed by atoms with Crippen molar-refractivity contribution in [3.63, 3.8) is 0 Å². The summed E-state index contributed by atoms with van der Waals surface area (Å²) in [7, 11) is 0. The lowest BCUT2D eigenvalue weighted by Crippen LogP contribution is -2.03. The lowest BCUT2D eigenvalue weighted by molar-refractivity contribution is 0.625. The standard InChI is InChI=1S/C12H14FN3/c1-8(2)11-7-15-16(12(11)14)10-5-3-4-9(13)6-10/h3-8H,14H2,1-2H3. The number of hydrogen-bond acceptors (Lipinski definition) is 2. The van der Waals surface area contributed by atoms with Crippen LogP contribution in [0.2, 0.25) is 0 Å². The molecule has 16 heavy (non-hydrogen) atoms. The zero-order chi connectivity index (χ0) is 11.7. The van der Waals surface area contributed by atoms with Gasteiger partial charge >= 0.3 is 0 Å². The van der Waals surface area contributed by atoms with Crippen LogP contribution >= 0.6 is 0 Å². The molecule has 4 heteroatoms. The Bertz CT molecular complexity index is 503. The number of anilines is 1. The van der Waals surface area contributed by atoms with Crippen molar-refractivity contribution in [1.82, 2.24) is 9.78 Å². The maximum Gasteiger partial charge on any atom is 0.130 e. The van der Waals surface area contributed by atoms with E-state index in [1.807, 2.05) is 13.8 Å². The molecule has 0 unspecified atom stereocenters. The number of nitrogens with zero attached hydrogens (tertiary/aromatic N) is 2. The van der Waals surface area contributed by atoms with Crippen molar-refractivity contribution in [3.05, 3.63) is 41.8 Å². The maximum absolute atomic E-state index is 13.1. The van der Waals surface area contributed by atoms with Crippen molar-refractivity contribution < 1.29 is 4.39 Å². The molecule has 84 valence electrons. The molecule has 1 heterocycles. The third-order valence-electron chi connectivity index (χ3n) is 2.51. The molecule has 0 aliphatic carbocycles. The van der Waals surface area contributed by atoms with E-state index >= 15 is 0 Å². The van der Waals surface area contributed by atoms with Crippen LogP contribution in [0.4, 0.5) is 10.2 Å². The Morgan fingerprint density at radius 1 is 1.38 bits per heavy atom. The molecule has 0 saturated heterocycles. The molecular formula is C12H14FN3. The number of nitrogen functional groups attached to an aromatic ring is 1. The monoisotopic (exact) mass is 219 g/mol. The second-order valence-corrected chi connectivity index (χ2v) is 4.03. The summed E-state index contributed by atoms with van der Waals surface area (Å²) in [6.45, 7) is 4.09. The van der Waals surface area contributed by atoms with E-state index in [9.17, 15) is 4.39 Å². The molecule has 1 aromatic carbocycles. The molecule has 0 radical (unpaired) electrons. The van der Waals surface area contributed by atoms with E-state index in [1.54, 1.807) is 23.0 Å². The molecular weight excluding hydrogens is 205 g/mol. The van der Waals surface area contributed by atoms with E-state index in [4.69, 9.17) is 5.73 Å². The normalized spacial score (nSPS) is 11.0. The van der Waals surface area contributed by atoms with Crippen LogP contribution in [0.1, 0.15) is 25.3 Å². The van der Waals surface area contributed by atoms with Gasteiger partial charge in [0.05, 0.1) is 11.9 Å². The van der Waals surface area contributed by atoms with E-state index in [0.717, 1.165) is 5.56 Å². The van der Waals surface area contributed by atoms with Crippen molar-refractivity contribution >= 4 is 5.82 Å². The van der Waals surface area contributed by atoms with Gasteiger partial charge in [-0.25, -0.2) is 9.07 Å². The van der Waals surface area contributed by atoms with Crippen LogP contribution in [0.5, 0.6) is 0 Å². The molecule has 0 aliphatic heterocycles. The minimum atomic E-state index is -0.293. The van der Waals surface area contributed by atoms with Gasteiger partial charge in [-0.2, -0.15) is 5.10 Å². The van der Waals surface area contributed by atoms with E-state index in [2.05, 4.69) is 5.10 Å². The summed E-state index contributed by atoms with van der Waals surface area (Å²) >= 11 is 0. The first-order valence-corrected chi connectivity index (χ1v) is 5.19. The molecule has 0 amide bonds. The fourth-order valence-electron chi connectivity index (χ4n) is 1.63. The van der Waals surface area contributed by atoms with Crippen molar-refractivity contribution in [2.45, 2.75) is 19.8 Å². The quantitative estimate of drug-likeness (QED) is 0.844. The van der Waals surface area contributed by atoms with Crippen LogP contribution in [0, 0.1) is 5.82 Å². The first-order valence-electron chi connectivity index (χ1n) is 5.19. The number of rotatable bonds is 2. The summed E-state index contributed by atoms with van der Waals surface area (Å²) in [6, 6.07) is 6.22. The van der Waals surface area contributed by atoms with E-state index in [-0.39, 0.29) is 5.82 Å². The minimum absolute atomic E-state index is 0.293. The fourth-order valence-corrected chi connectivity index (χ4v) is 1.63. The molecule has 2 rings (SSSR count). The maximum atomic E-state index is 13.1. The van der Waals surface area contributed by atoms with Crippen LogP contribution in [-0.2, 0) is 0 Å². The van der Waals surface area contributed by atoms with Crippen molar-refractivity contribution in [2.75, 3.05) is 5.73 Å². The molecule has 2 N–H and O–H groups in total. The van der Waals surface area contributed by atoms with Gasteiger partial charge in [0.2, 0.25) is 0 Å². The Kier molecular flexibility index (Phi) is 2.64. The summed E-state index contributed by atoms with van der Waals surface area (Å²) in [6.07, 6.45) is 1.73. The summed E-state index contributed by atoms with van der Waals surface area (Å²) in [4.78, 5) is 0. The number of halogens is 1. The Labute approximate surface area is 93.7 Å². The SMILES string of the molecule is CC(C)c1cnn(-c2cccc(F)c2)c1N. The van der Waals surface area contributed by atoms with E-state index in [1.165, 1.54) is 12.1 Å². The number of aromatic nitrogens is 2. The Morgan fingerprint density at radius 2 is 2.12 bits per heavy atom. The number of hydrogen-bond donors (Lipinski definition) is 1. The number of nitrogens with two attached hydrogens (primary N) is 1. The second-order valence-electron chi connectivity index (χ2n) is 4.03. The molecule has 0 saturated carbocycles. The third-order valence-corrected chi connectivity index (χ3v) is 2.51. The van der Waals surface area contributed by atoms with Crippen LogP contribution in [0.25, 0.3) is 5.69 Å². The van der Waals surface area contributed by atoms with Crippen LogP contribution < -0.4 is 5.73 Å². The van der Waals surface area contributed by atoms with Gasteiger partial charge in [-0.05, 0) is 24.1 Å². The molecule has 0 bridgehead atoms.